The Balaban J connectivity index is 2.00. The van der Waals surface area contributed by atoms with Crippen molar-refractivity contribution in [3.05, 3.63) is 23.1 Å². The minimum Gasteiger partial charge on any atom is -0.371 e. The van der Waals surface area contributed by atoms with E-state index in [1.165, 1.54) is 24.2 Å². The maximum atomic E-state index is 5.98. The Kier molecular flexibility index (Phi) is 1.79. The van der Waals surface area contributed by atoms with Gasteiger partial charge in [-0.05, 0) is 18.8 Å². The third kappa shape index (κ3) is 1.30. The second-order valence-electron chi connectivity index (χ2n) is 5.09. The van der Waals surface area contributed by atoms with Crippen molar-refractivity contribution in [1.29, 1.82) is 0 Å². The summed E-state index contributed by atoms with van der Waals surface area (Å²) in [6, 6.07) is 1.82. The Morgan fingerprint density at radius 2 is 2.24 bits per heavy atom. The Morgan fingerprint density at radius 3 is 3.00 bits per heavy atom. The molecule has 4 nitrogen and oxygen atoms in total. The van der Waals surface area contributed by atoms with E-state index >= 15 is 0 Å². The molecule has 0 spiro atoms. The normalized spacial score (nSPS) is 23.4. The number of hydrogen-bond donors (Lipinski definition) is 0. The highest BCUT2D eigenvalue weighted by Gasteiger charge is 2.40. The van der Waals surface area contributed by atoms with Crippen LogP contribution in [-0.4, -0.2) is 28.2 Å². The first kappa shape index (κ1) is 9.71. The molecule has 0 radical (unpaired) electrons. The van der Waals surface area contributed by atoms with Crippen LogP contribution in [0.5, 0.6) is 0 Å². The average Bonchev–Trinajstić information content (AvgIpc) is 2.98. The lowest BCUT2D eigenvalue weighted by atomic mass is 10.0. The van der Waals surface area contributed by atoms with Crippen LogP contribution in [0.3, 0.4) is 0 Å². The van der Waals surface area contributed by atoms with Crippen molar-refractivity contribution < 1.29 is 0 Å². The summed E-state index contributed by atoms with van der Waals surface area (Å²) in [7, 11) is 2.12. The zero-order valence-electron chi connectivity index (χ0n) is 9.60. The second-order valence-corrected chi connectivity index (χ2v) is 5.48. The maximum Gasteiger partial charge on any atom is 0.156 e. The first-order valence-electron chi connectivity index (χ1n) is 5.99. The van der Waals surface area contributed by atoms with Crippen LogP contribution >= 0.6 is 11.6 Å². The topological polar surface area (TPSA) is 33.4 Å². The summed E-state index contributed by atoms with van der Waals surface area (Å²) < 4.78 is 1.93. The first-order valence-corrected chi connectivity index (χ1v) is 6.37. The van der Waals surface area contributed by atoms with Crippen LogP contribution in [0.1, 0.15) is 24.5 Å². The van der Waals surface area contributed by atoms with Crippen molar-refractivity contribution in [3.8, 4) is 0 Å². The van der Waals surface area contributed by atoms with Gasteiger partial charge in [-0.25, -0.2) is 9.50 Å². The number of likely N-dealkylation sites (N-methyl/N-ethyl adjacent to an activating group) is 1. The van der Waals surface area contributed by atoms with Crippen LogP contribution in [-0.2, 0) is 0 Å². The molecule has 88 valence electrons. The van der Waals surface area contributed by atoms with E-state index in [2.05, 4.69) is 22.0 Å². The van der Waals surface area contributed by atoms with Crippen molar-refractivity contribution >= 4 is 22.9 Å². The van der Waals surface area contributed by atoms with Crippen LogP contribution in [0.25, 0.3) is 5.65 Å². The fraction of sp³-hybridized carbons (Fsp3) is 0.500. The lowest BCUT2D eigenvalue weighted by Crippen LogP contribution is -2.16. The van der Waals surface area contributed by atoms with Gasteiger partial charge in [-0.2, -0.15) is 5.10 Å². The molecular weight excluding hydrogens is 236 g/mol. The smallest absolute Gasteiger partial charge is 0.156 e. The molecule has 1 fully saturated rings. The SMILES string of the molecule is CN1CC(C2CC2)c2c1cnc1cc(Cl)nn21. The third-order valence-electron chi connectivity index (χ3n) is 3.89. The van der Waals surface area contributed by atoms with Gasteiger partial charge in [0.1, 0.15) is 0 Å². The van der Waals surface area contributed by atoms with Gasteiger partial charge in [0, 0.05) is 25.6 Å². The van der Waals surface area contributed by atoms with Crippen LogP contribution in [0.2, 0.25) is 5.15 Å². The van der Waals surface area contributed by atoms with E-state index in [4.69, 9.17) is 11.6 Å². The Hall–Kier alpha value is -1.29. The zero-order valence-corrected chi connectivity index (χ0v) is 10.4. The highest BCUT2D eigenvalue weighted by atomic mass is 35.5. The van der Waals surface area contributed by atoms with Gasteiger partial charge in [-0.1, -0.05) is 11.6 Å². The maximum absolute atomic E-state index is 5.98. The second kappa shape index (κ2) is 3.13. The fourth-order valence-corrected chi connectivity index (χ4v) is 3.08. The molecule has 5 heteroatoms. The van der Waals surface area contributed by atoms with Gasteiger partial charge in [-0.15, -0.1) is 0 Å². The van der Waals surface area contributed by atoms with E-state index in [0.29, 0.717) is 11.1 Å². The van der Waals surface area contributed by atoms with Gasteiger partial charge < -0.3 is 4.90 Å². The van der Waals surface area contributed by atoms with Gasteiger partial charge >= 0.3 is 0 Å². The molecular formula is C12H13ClN4. The van der Waals surface area contributed by atoms with Gasteiger partial charge in [0.15, 0.2) is 10.8 Å². The number of nitrogens with zero attached hydrogens (tertiary/aromatic N) is 4. The molecule has 1 aliphatic heterocycles. The molecule has 1 unspecified atom stereocenters. The van der Waals surface area contributed by atoms with Gasteiger partial charge in [0.25, 0.3) is 0 Å². The summed E-state index contributed by atoms with van der Waals surface area (Å²) in [5.74, 6) is 1.42. The van der Waals surface area contributed by atoms with E-state index in [9.17, 15) is 0 Å². The molecule has 0 N–H and O–H groups in total. The van der Waals surface area contributed by atoms with E-state index in [0.717, 1.165) is 18.1 Å². The standard InChI is InChI=1S/C12H13ClN4/c1-16-6-8(7-2-3-7)12-9(16)5-14-11-4-10(13)15-17(11)12/h4-5,7-8H,2-3,6H2,1H3. The number of halogens is 1. The van der Waals surface area contributed by atoms with Crippen molar-refractivity contribution in [3.63, 3.8) is 0 Å². The van der Waals surface area contributed by atoms with E-state index in [1.807, 2.05) is 16.8 Å². The summed E-state index contributed by atoms with van der Waals surface area (Å²) in [6.07, 6.45) is 4.64. The number of hydrogen-bond acceptors (Lipinski definition) is 3. The fourth-order valence-electron chi connectivity index (χ4n) is 2.91. The molecule has 1 aliphatic carbocycles. The lowest BCUT2D eigenvalue weighted by molar-refractivity contribution is 0.606. The zero-order chi connectivity index (χ0) is 11.6. The molecule has 0 aromatic carbocycles. The molecule has 0 bridgehead atoms. The highest BCUT2D eigenvalue weighted by molar-refractivity contribution is 6.29. The minimum atomic E-state index is 0.523. The molecule has 0 amide bonds. The monoisotopic (exact) mass is 248 g/mol. The third-order valence-corrected chi connectivity index (χ3v) is 4.08. The van der Waals surface area contributed by atoms with Crippen LogP contribution in [0.4, 0.5) is 5.69 Å². The number of fused-ring (bicyclic) bond motifs is 3. The summed E-state index contributed by atoms with van der Waals surface area (Å²) in [6.45, 7) is 1.08. The lowest BCUT2D eigenvalue weighted by Gasteiger charge is -2.10. The molecule has 4 rings (SSSR count). The summed E-state index contributed by atoms with van der Waals surface area (Å²) in [5, 5.41) is 4.90. The summed E-state index contributed by atoms with van der Waals surface area (Å²) in [4.78, 5) is 6.69. The molecule has 1 saturated carbocycles. The Bertz CT molecular complexity index is 602. The van der Waals surface area contributed by atoms with Gasteiger partial charge in [0.2, 0.25) is 0 Å². The summed E-state index contributed by atoms with van der Waals surface area (Å²) in [5.41, 5.74) is 3.36. The average molecular weight is 249 g/mol. The van der Waals surface area contributed by atoms with Crippen molar-refractivity contribution in [2.24, 2.45) is 5.92 Å². The van der Waals surface area contributed by atoms with Crippen LogP contribution in [0, 0.1) is 5.92 Å². The Labute approximate surface area is 104 Å². The highest BCUT2D eigenvalue weighted by Crippen LogP contribution is 2.48. The molecule has 0 saturated heterocycles. The summed E-state index contributed by atoms with van der Waals surface area (Å²) >= 11 is 5.98. The van der Waals surface area contributed by atoms with Gasteiger partial charge in [-0.3, -0.25) is 0 Å². The first-order chi connectivity index (χ1) is 8.24. The predicted octanol–water partition coefficient (Wildman–Crippen LogP) is 2.33. The van der Waals surface area contributed by atoms with Crippen molar-refractivity contribution in [2.45, 2.75) is 18.8 Å². The van der Waals surface area contributed by atoms with E-state index in [-0.39, 0.29) is 0 Å². The number of aromatic nitrogens is 3. The van der Waals surface area contributed by atoms with Gasteiger partial charge in [0.05, 0.1) is 17.6 Å². The largest absolute Gasteiger partial charge is 0.371 e. The molecule has 2 aliphatic rings. The van der Waals surface area contributed by atoms with Crippen molar-refractivity contribution in [2.75, 3.05) is 18.5 Å². The molecule has 17 heavy (non-hydrogen) atoms. The minimum absolute atomic E-state index is 0.523. The quantitative estimate of drug-likeness (QED) is 0.777. The molecule has 2 aromatic heterocycles. The van der Waals surface area contributed by atoms with Crippen LogP contribution < -0.4 is 4.90 Å². The van der Waals surface area contributed by atoms with E-state index in [1.54, 1.807) is 0 Å². The Morgan fingerprint density at radius 1 is 1.41 bits per heavy atom. The molecule has 2 aromatic rings. The predicted molar refractivity (Wildman–Crippen MR) is 66.7 cm³/mol. The van der Waals surface area contributed by atoms with Crippen LogP contribution in [0.15, 0.2) is 12.3 Å². The number of rotatable bonds is 1. The van der Waals surface area contributed by atoms with E-state index < -0.39 is 0 Å². The number of anilines is 1. The molecule has 3 heterocycles. The van der Waals surface area contributed by atoms with Crippen molar-refractivity contribution in [1.82, 2.24) is 14.6 Å². The molecule has 1 atom stereocenters.